The Kier molecular flexibility index (Phi) is 8.56. The van der Waals surface area contributed by atoms with Gasteiger partial charge in [-0.1, -0.05) is 84.9 Å². The summed E-state index contributed by atoms with van der Waals surface area (Å²) in [6.07, 6.45) is -8.23. The van der Waals surface area contributed by atoms with Crippen LogP contribution < -0.4 is 4.72 Å². The number of alkyl halides is 6. The molecule has 0 fully saturated rings. The summed E-state index contributed by atoms with van der Waals surface area (Å²) >= 11 is 0. The number of benzene rings is 6. The second kappa shape index (κ2) is 13.2. The van der Waals surface area contributed by atoms with Crippen LogP contribution in [0.2, 0.25) is 0 Å². The molecule has 1 aromatic heterocycles. The first-order chi connectivity index (χ1) is 25.7. The van der Waals surface area contributed by atoms with Gasteiger partial charge in [-0.05, 0) is 112 Å². The number of anilines is 1. The minimum absolute atomic E-state index is 0.0621. The Balaban J connectivity index is 1.29. The van der Waals surface area contributed by atoms with E-state index in [9.17, 15) is 34.8 Å². The van der Waals surface area contributed by atoms with E-state index in [-0.39, 0.29) is 16.6 Å². The van der Waals surface area contributed by atoms with Crippen molar-refractivity contribution in [3.05, 3.63) is 173 Å². The number of para-hydroxylation sites is 1. The van der Waals surface area contributed by atoms with Gasteiger partial charge in [-0.3, -0.25) is 4.72 Å². The lowest BCUT2D eigenvalue weighted by Gasteiger charge is -2.18. The third-order valence-electron chi connectivity index (χ3n) is 9.57. The van der Waals surface area contributed by atoms with E-state index in [4.69, 9.17) is 4.98 Å². The number of sulfonamides is 1. The maximum Gasteiger partial charge on any atom is 0.418 e. The Morgan fingerprint density at radius 3 is 2.06 bits per heavy atom. The number of aromatic nitrogens is 1. The van der Waals surface area contributed by atoms with Crippen LogP contribution in [0, 0.1) is 0 Å². The van der Waals surface area contributed by atoms with Crippen molar-refractivity contribution in [2.75, 3.05) is 4.72 Å². The minimum atomic E-state index is -4.73. The molecule has 54 heavy (non-hydrogen) atoms. The van der Waals surface area contributed by atoms with Crippen molar-refractivity contribution in [1.29, 1.82) is 0 Å². The maximum absolute atomic E-state index is 14.6. The summed E-state index contributed by atoms with van der Waals surface area (Å²) in [7, 11) is -4.34. The SMILES string of the molecule is O=S(=O)(Nc1cccc(-c2cc(-c3cc(Cc4ccccc4)cc4c3Cc3ccccc3-4)nc3c(C(F)(F)F)cccc23)c1)c1ccc(C(F)(F)F)cc1. The van der Waals surface area contributed by atoms with Crippen molar-refractivity contribution in [3.63, 3.8) is 0 Å². The van der Waals surface area contributed by atoms with Gasteiger partial charge >= 0.3 is 12.4 Å². The highest BCUT2D eigenvalue weighted by Crippen LogP contribution is 2.45. The molecular weight excluding hydrogens is 723 g/mol. The van der Waals surface area contributed by atoms with E-state index in [0.29, 0.717) is 47.4 Å². The van der Waals surface area contributed by atoms with Gasteiger partial charge in [0.1, 0.15) is 0 Å². The number of nitrogens with one attached hydrogen (secondary N) is 1. The number of hydrogen-bond acceptors (Lipinski definition) is 3. The average molecular weight is 751 g/mol. The molecule has 0 unspecified atom stereocenters. The highest BCUT2D eigenvalue weighted by molar-refractivity contribution is 7.92. The zero-order valence-electron chi connectivity index (χ0n) is 28.1. The molecule has 8 rings (SSSR count). The largest absolute Gasteiger partial charge is 0.418 e. The average Bonchev–Trinajstić information content (AvgIpc) is 3.52. The molecule has 1 N–H and O–H groups in total. The van der Waals surface area contributed by atoms with Crippen molar-refractivity contribution in [3.8, 4) is 33.5 Å². The molecule has 0 saturated carbocycles. The van der Waals surface area contributed by atoms with Gasteiger partial charge < -0.3 is 0 Å². The molecule has 0 bridgehead atoms. The molecule has 0 aliphatic heterocycles. The first-order valence-corrected chi connectivity index (χ1v) is 18.3. The fourth-order valence-corrected chi connectivity index (χ4v) is 8.14. The molecule has 0 amide bonds. The first kappa shape index (κ1) is 35.1. The van der Waals surface area contributed by atoms with Gasteiger partial charge in [-0.15, -0.1) is 0 Å². The van der Waals surface area contributed by atoms with Crippen molar-refractivity contribution in [2.45, 2.75) is 30.1 Å². The van der Waals surface area contributed by atoms with E-state index in [1.165, 1.54) is 18.2 Å². The Bertz CT molecular complexity index is 2670. The van der Waals surface area contributed by atoms with Crippen molar-refractivity contribution >= 4 is 26.6 Å². The smallest absolute Gasteiger partial charge is 0.280 e. The van der Waals surface area contributed by atoms with E-state index in [0.717, 1.165) is 51.6 Å². The van der Waals surface area contributed by atoms with Gasteiger partial charge in [0.2, 0.25) is 0 Å². The summed E-state index contributed by atoms with van der Waals surface area (Å²) in [5.74, 6) is 0. The standard InChI is InChI=1S/C43H28F6N2O2S/c44-42(45,46)30-16-18-32(19-17-30)54(52,53)51-31-12-6-11-28(23-31)35-25-40(50-41-34(35)14-7-15-39(41)43(47,48)49)38-22-27(20-26-8-2-1-3-9-26)21-36-33-13-5-4-10-29(33)24-37(36)38/h1-19,21-23,25,51H,20,24H2. The van der Waals surface area contributed by atoms with Gasteiger partial charge in [-0.25, -0.2) is 13.4 Å². The normalized spacial score (nSPS) is 12.8. The number of halogens is 6. The summed E-state index contributed by atoms with van der Waals surface area (Å²) < 4.78 is 112. The van der Waals surface area contributed by atoms with Crippen LogP contribution in [-0.4, -0.2) is 13.4 Å². The molecule has 1 heterocycles. The van der Waals surface area contributed by atoms with Gasteiger partial charge in [0, 0.05) is 16.6 Å². The van der Waals surface area contributed by atoms with Gasteiger partial charge in [-0.2, -0.15) is 26.3 Å². The van der Waals surface area contributed by atoms with Gasteiger partial charge in [0.05, 0.1) is 27.2 Å². The molecule has 0 atom stereocenters. The van der Waals surface area contributed by atoms with Crippen LogP contribution in [0.1, 0.15) is 33.4 Å². The molecule has 1 aliphatic rings. The van der Waals surface area contributed by atoms with Crippen LogP contribution in [-0.2, 0) is 35.2 Å². The molecular formula is C43H28F6N2O2S. The zero-order valence-corrected chi connectivity index (χ0v) is 28.9. The summed E-state index contributed by atoms with van der Waals surface area (Å²) in [5.41, 5.74) is 5.78. The second-order valence-corrected chi connectivity index (χ2v) is 14.8. The molecule has 270 valence electrons. The minimum Gasteiger partial charge on any atom is -0.280 e. The van der Waals surface area contributed by atoms with E-state index in [1.54, 1.807) is 24.3 Å². The second-order valence-electron chi connectivity index (χ2n) is 13.1. The van der Waals surface area contributed by atoms with Crippen LogP contribution in [0.3, 0.4) is 0 Å². The van der Waals surface area contributed by atoms with E-state index >= 15 is 0 Å². The van der Waals surface area contributed by atoms with Crippen molar-refractivity contribution in [1.82, 2.24) is 4.98 Å². The topological polar surface area (TPSA) is 59.1 Å². The van der Waals surface area contributed by atoms with Crippen LogP contribution >= 0.6 is 0 Å². The molecule has 1 aliphatic carbocycles. The van der Waals surface area contributed by atoms with E-state index in [2.05, 4.69) is 10.8 Å². The highest BCUT2D eigenvalue weighted by atomic mass is 32.2. The number of rotatable bonds is 7. The van der Waals surface area contributed by atoms with Crippen molar-refractivity contribution in [2.24, 2.45) is 0 Å². The zero-order chi connectivity index (χ0) is 37.8. The predicted octanol–water partition coefficient (Wildman–Crippen LogP) is 11.6. The molecule has 0 spiro atoms. The van der Waals surface area contributed by atoms with Crippen LogP contribution in [0.15, 0.2) is 144 Å². The lowest BCUT2D eigenvalue weighted by molar-refractivity contribution is -0.138. The Morgan fingerprint density at radius 1 is 0.611 bits per heavy atom. The molecule has 7 aromatic rings. The summed E-state index contributed by atoms with van der Waals surface area (Å²) in [4.78, 5) is 4.33. The van der Waals surface area contributed by atoms with Crippen LogP contribution in [0.4, 0.5) is 32.0 Å². The molecule has 0 radical (unpaired) electrons. The van der Waals surface area contributed by atoms with E-state index < -0.39 is 38.4 Å². The maximum atomic E-state index is 14.6. The Morgan fingerprint density at radius 2 is 1.31 bits per heavy atom. The van der Waals surface area contributed by atoms with Crippen LogP contribution in [0.25, 0.3) is 44.4 Å². The summed E-state index contributed by atoms with van der Waals surface area (Å²) in [5, 5.41) is 0.205. The van der Waals surface area contributed by atoms with Gasteiger partial charge in [0.15, 0.2) is 0 Å². The predicted molar refractivity (Wildman–Crippen MR) is 197 cm³/mol. The van der Waals surface area contributed by atoms with Crippen LogP contribution in [0.5, 0.6) is 0 Å². The summed E-state index contributed by atoms with van der Waals surface area (Å²) in [6, 6.07) is 36.8. The highest BCUT2D eigenvalue weighted by Gasteiger charge is 2.34. The fourth-order valence-electron chi connectivity index (χ4n) is 7.09. The molecule has 0 saturated heterocycles. The monoisotopic (exact) mass is 750 g/mol. The Hall–Kier alpha value is -5.94. The number of pyridine rings is 1. The van der Waals surface area contributed by atoms with Gasteiger partial charge in [0.25, 0.3) is 10.0 Å². The fraction of sp³-hybridized carbons (Fsp3) is 0.0930. The molecule has 4 nitrogen and oxygen atoms in total. The number of hydrogen-bond donors (Lipinski definition) is 1. The quantitative estimate of drug-likeness (QED) is 0.165. The van der Waals surface area contributed by atoms with Crippen molar-refractivity contribution < 1.29 is 34.8 Å². The number of nitrogens with zero attached hydrogens (tertiary/aromatic N) is 1. The summed E-state index contributed by atoms with van der Waals surface area (Å²) in [6.45, 7) is 0. The number of fused-ring (bicyclic) bond motifs is 4. The lowest BCUT2D eigenvalue weighted by Crippen LogP contribution is -2.13. The van der Waals surface area contributed by atoms with E-state index in [1.807, 2.05) is 60.7 Å². The molecule has 6 aromatic carbocycles. The lowest BCUT2D eigenvalue weighted by atomic mass is 9.91. The first-order valence-electron chi connectivity index (χ1n) is 16.8. The third-order valence-corrected chi connectivity index (χ3v) is 11.0. The Labute approximate surface area is 306 Å². The third kappa shape index (κ3) is 6.71. The molecule has 11 heteroatoms.